The standard InChI is InChI=1S/C31H38N6O12/c1-16(2)27(31(47)35-24(15-26(42)43)29(45)33-19-6-8-20(9-7-19)37(48)49)36-28(44)22(12-13-25(40)41)34-30(46)23(32-17(3)38)14-18-4-10-21(39)11-5-18/h4-11,16,22-24,27,39H,12-15H2,1-3H3,(H,32,38)(H,33,45)(H,34,46)(H,35,47)(H,36,44)(H,40,41)(H,42,43). The number of anilines is 1. The summed E-state index contributed by atoms with van der Waals surface area (Å²) >= 11 is 0. The number of nitrogens with one attached hydrogen (secondary N) is 5. The summed E-state index contributed by atoms with van der Waals surface area (Å²) in [6.07, 6.45) is -1.90. The van der Waals surface area contributed by atoms with Gasteiger partial charge in [0.25, 0.3) is 5.69 Å². The van der Waals surface area contributed by atoms with Crippen LogP contribution in [0.2, 0.25) is 0 Å². The Kier molecular flexibility index (Phi) is 14.6. The van der Waals surface area contributed by atoms with E-state index in [2.05, 4.69) is 26.6 Å². The van der Waals surface area contributed by atoms with Gasteiger partial charge in [0, 0.05) is 37.6 Å². The molecule has 0 radical (unpaired) electrons. The number of carboxylic acids is 2. The summed E-state index contributed by atoms with van der Waals surface area (Å²) < 4.78 is 0. The molecule has 18 nitrogen and oxygen atoms in total. The first-order chi connectivity index (χ1) is 23.0. The molecule has 0 saturated heterocycles. The van der Waals surface area contributed by atoms with Crippen molar-refractivity contribution in [2.75, 3.05) is 5.32 Å². The summed E-state index contributed by atoms with van der Waals surface area (Å²) in [6, 6.07) is 4.64. The van der Waals surface area contributed by atoms with Crippen molar-refractivity contribution in [3.05, 3.63) is 64.2 Å². The van der Waals surface area contributed by atoms with Gasteiger partial charge in [0.2, 0.25) is 29.5 Å². The summed E-state index contributed by atoms with van der Waals surface area (Å²) in [5.41, 5.74) is 0.363. The van der Waals surface area contributed by atoms with Gasteiger partial charge in [0.1, 0.15) is 29.9 Å². The van der Waals surface area contributed by atoms with E-state index in [1.165, 1.54) is 57.2 Å². The van der Waals surface area contributed by atoms with E-state index in [0.29, 0.717) is 5.56 Å². The number of nitrogens with zero attached hydrogens (tertiary/aromatic N) is 1. The van der Waals surface area contributed by atoms with E-state index >= 15 is 0 Å². The molecule has 0 aliphatic rings. The zero-order valence-electron chi connectivity index (χ0n) is 26.8. The van der Waals surface area contributed by atoms with Crippen molar-refractivity contribution >= 4 is 52.8 Å². The molecule has 8 N–H and O–H groups in total. The van der Waals surface area contributed by atoms with Crippen molar-refractivity contribution in [3.8, 4) is 5.75 Å². The number of non-ortho nitro benzene ring substituents is 1. The van der Waals surface area contributed by atoms with Gasteiger partial charge in [0.05, 0.1) is 11.3 Å². The van der Waals surface area contributed by atoms with E-state index in [1.54, 1.807) is 0 Å². The molecule has 0 bridgehead atoms. The molecule has 18 heteroatoms. The molecule has 0 aliphatic heterocycles. The van der Waals surface area contributed by atoms with Crippen LogP contribution in [0.1, 0.15) is 45.6 Å². The summed E-state index contributed by atoms with van der Waals surface area (Å²) in [5.74, 6) is -7.76. The van der Waals surface area contributed by atoms with Gasteiger partial charge < -0.3 is 41.9 Å². The van der Waals surface area contributed by atoms with Crippen LogP contribution in [0.4, 0.5) is 11.4 Å². The van der Waals surface area contributed by atoms with Gasteiger partial charge in [-0.05, 0) is 42.2 Å². The Labute approximate surface area is 279 Å². The number of carbonyl (C=O) groups is 7. The summed E-state index contributed by atoms with van der Waals surface area (Å²) in [6.45, 7) is 4.23. The van der Waals surface area contributed by atoms with Crippen molar-refractivity contribution in [2.45, 2.75) is 70.6 Å². The van der Waals surface area contributed by atoms with Crippen LogP contribution < -0.4 is 26.6 Å². The van der Waals surface area contributed by atoms with Gasteiger partial charge in [-0.25, -0.2) is 0 Å². The number of hydrogen-bond donors (Lipinski definition) is 8. The number of carboxylic acid groups (broad SMARTS) is 2. The van der Waals surface area contributed by atoms with Gasteiger partial charge >= 0.3 is 11.9 Å². The predicted molar refractivity (Wildman–Crippen MR) is 171 cm³/mol. The van der Waals surface area contributed by atoms with Gasteiger partial charge in [-0.1, -0.05) is 26.0 Å². The van der Waals surface area contributed by atoms with E-state index in [-0.39, 0.29) is 23.5 Å². The second-order valence-corrected chi connectivity index (χ2v) is 11.3. The molecule has 0 aliphatic carbocycles. The molecule has 0 saturated carbocycles. The van der Waals surface area contributed by atoms with Crippen molar-refractivity contribution < 1.29 is 53.8 Å². The van der Waals surface area contributed by atoms with Crippen LogP contribution >= 0.6 is 0 Å². The smallest absolute Gasteiger partial charge is 0.305 e. The first-order valence-corrected chi connectivity index (χ1v) is 14.9. The number of rotatable bonds is 18. The van der Waals surface area contributed by atoms with Gasteiger partial charge in [0.15, 0.2) is 0 Å². The molecule has 2 aromatic carbocycles. The molecule has 4 unspecified atom stereocenters. The third-order valence-electron chi connectivity index (χ3n) is 6.95. The molecule has 49 heavy (non-hydrogen) atoms. The first kappa shape index (κ1) is 39.1. The minimum absolute atomic E-state index is 0.0298. The molecule has 0 spiro atoms. The lowest BCUT2D eigenvalue weighted by Crippen LogP contribution is -2.59. The molecular formula is C31H38N6O12. The maximum atomic E-state index is 13.4. The van der Waals surface area contributed by atoms with Crippen LogP contribution in [-0.2, 0) is 40.0 Å². The molecule has 0 aromatic heterocycles. The third-order valence-corrected chi connectivity index (χ3v) is 6.95. The molecule has 0 fully saturated rings. The van der Waals surface area contributed by atoms with Crippen molar-refractivity contribution in [1.29, 1.82) is 0 Å². The van der Waals surface area contributed by atoms with Crippen LogP contribution in [0, 0.1) is 16.0 Å². The zero-order chi connectivity index (χ0) is 36.8. The monoisotopic (exact) mass is 686 g/mol. The van der Waals surface area contributed by atoms with Crippen LogP contribution in [0.15, 0.2) is 48.5 Å². The first-order valence-electron chi connectivity index (χ1n) is 14.9. The number of aliphatic carboxylic acids is 2. The van der Waals surface area contributed by atoms with E-state index < -0.39 is 95.7 Å². The average Bonchev–Trinajstić information content (AvgIpc) is 3.01. The van der Waals surface area contributed by atoms with E-state index in [0.717, 1.165) is 12.1 Å². The molecule has 264 valence electrons. The largest absolute Gasteiger partial charge is 0.508 e. The number of nitro benzene ring substituents is 1. The Hall–Kier alpha value is -6.07. The quantitative estimate of drug-likeness (QED) is 0.0783. The SMILES string of the molecule is CC(=O)NC(Cc1ccc(O)cc1)C(=O)NC(CCC(=O)O)C(=O)NC(C(=O)NC(CC(=O)O)C(=O)Nc1ccc([N+](=O)[O-])cc1)C(C)C. The van der Waals surface area contributed by atoms with Gasteiger partial charge in [-0.2, -0.15) is 0 Å². The summed E-state index contributed by atoms with van der Waals surface area (Å²) in [5, 5.41) is 51.0. The Balaban J connectivity index is 2.24. The highest BCUT2D eigenvalue weighted by molar-refractivity contribution is 6.00. The maximum absolute atomic E-state index is 13.4. The minimum Gasteiger partial charge on any atom is -0.508 e. The highest BCUT2D eigenvalue weighted by Crippen LogP contribution is 2.16. The molecule has 5 amide bonds. The lowest BCUT2D eigenvalue weighted by molar-refractivity contribution is -0.384. The fourth-order valence-corrected chi connectivity index (χ4v) is 4.46. The molecule has 2 rings (SSSR count). The topological polar surface area (TPSA) is 283 Å². The molecular weight excluding hydrogens is 648 g/mol. The summed E-state index contributed by atoms with van der Waals surface area (Å²) in [7, 11) is 0. The molecule has 4 atom stereocenters. The fourth-order valence-electron chi connectivity index (χ4n) is 4.46. The number of hydrogen-bond acceptors (Lipinski definition) is 10. The number of carbonyl (C=O) groups excluding carboxylic acids is 5. The van der Waals surface area contributed by atoms with Gasteiger partial charge in [-0.15, -0.1) is 0 Å². The van der Waals surface area contributed by atoms with Crippen LogP contribution in [0.25, 0.3) is 0 Å². The van der Waals surface area contributed by atoms with Crippen LogP contribution in [0.3, 0.4) is 0 Å². The second kappa shape index (κ2) is 18.3. The fraction of sp³-hybridized carbons (Fsp3) is 0.387. The van der Waals surface area contributed by atoms with E-state index in [9.17, 15) is 59.0 Å². The third kappa shape index (κ3) is 13.3. The normalized spacial score (nSPS) is 13.1. The predicted octanol–water partition coefficient (Wildman–Crippen LogP) is 0.436. The Morgan fingerprint density at radius 3 is 1.82 bits per heavy atom. The number of amides is 5. The minimum atomic E-state index is -1.65. The van der Waals surface area contributed by atoms with Crippen LogP contribution in [0.5, 0.6) is 5.75 Å². The Morgan fingerprint density at radius 1 is 0.735 bits per heavy atom. The highest BCUT2D eigenvalue weighted by atomic mass is 16.6. The lowest BCUT2D eigenvalue weighted by Gasteiger charge is -2.27. The number of nitro groups is 1. The Bertz CT molecular complexity index is 1550. The number of phenolic OH excluding ortho intramolecular Hbond substituents is 1. The molecule has 0 heterocycles. The molecule has 2 aromatic rings. The lowest BCUT2D eigenvalue weighted by atomic mass is 10.0. The maximum Gasteiger partial charge on any atom is 0.305 e. The number of aromatic hydroxyl groups is 1. The zero-order valence-corrected chi connectivity index (χ0v) is 26.8. The van der Waals surface area contributed by atoms with Crippen molar-refractivity contribution in [1.82, 2.24) is 21.3 Å². The van der Waals surface area contributed by atoms with Crippen molar-refractivity contribution in [3.63, 3.8) is 0 Å². The van der Waals surface area contributed by atoms with E-state index in [1.807, 2.05) is 0 Å². The summed E-state index contributed by atoms with van der Waals surface area (Å²) in [4.78, 5) is 97.9. The number of phenols is 1. The number of benzene rings is 2. The van der Waals surface area contributed by atoms with Gasteiger partial charge in [-0.3, -0.25) is 43.7 Å². The van der Waals surface area contributed by atoms with E-state index in [4.69, 9.17) is 0 Å². The Morgan fingerprint density at radius 2 is 1.31 bits per heavy atom. The highest BCUT2D eigenvalue weighted by Gasteiger charge is 2.33. The second-order valence-electron chi connectivity index (χ2n) is 11.3. The van der Waals surface area contributed by atoms with Crippen molar-refractivity contribution in [2.24, 2.45) is 5.92 Å². The van der Waals surface area contributed by atoms with Crippen LogP contribution in [-0.4, -0.2) is 85.9 Å². The average molecular weight is 687 g/mol.